The zero-order valence-corrected chi connectivity index (χ0v) is 14.6. The van der Waals surface area contributed by atoms with E-state index in [4.69, 9.17) is 0 Å². The van der Waals surface area contributed by atoms with E-state index in [1.807, 2.05) is 42.5 Å². The lowest BCUT2D eigenvalue weighted by atomic mass is 10.1. The Kier molecular flexibility index (Phi) is 5.28. The largest absolute Gasteiger partial charge is 0.324 e. The molecule has 0 unspecified atom stereocenters. The maximum absolute atomic E-state index is 13.4. The minimum absolute atomic E-state index is 0.198. The van der Waals surface area contributed by atoms with E-state index in [1.165, 1.54) is 6.07 Å². The second kappa shape index (κ2) is 7.62. The lowest BCUT2D eigenvalue weighted by Gasteiger charge is -2.20. The normalized spacial score (nSPS) is 13.4. The van der Waals surface area contributed by atoms with Gasteiger partial charge in [-0.05, 0) is 43.0 Å². The summed E-state index contributed by atoms with van der Waals surface area (Å²) in [6.45, 7) is 3.53. The highest BCUT2D eigenvalue weighted by molar-refractivity contribution is 6.03. The molecule has 134 valence electrons. The van der Waals surface area contributed by atoms with E-state index < -0.39 is 17.7 Å². The lowest BCUT2D eigenvalue weighted by Crippen LogP contribution is -2.39. The van der Waals surface area contributed by atoms with Crippen molar-refractivity contribution in [2.75, 3.05) is 5.32 Å². The van der Waals surface area contributed by atoms with Crippen LogP contribution in [-0.4, -0.2) is 11.9 Å². The van der Waals surface area contributed by atoms with Crippen molar-refractivity contribution in [2.24, 2.45) is 0 Å². The Morgan fingerprint density at radius 1 is 0.923 bits per heavy atom. The predicted octanol–water partition coefficient (Wildman–Crippen LogP) is 4.80. The maximum atomic E-state index is 13.4. The summed E-state index contributed by atoms with van der Waals surface area (Å²) < 4.78 is 26.5. The van der Waals surface area contributed by atoms with Gasteiger partial charge >= 0.3 is 0 Å². The highest BCUT2D eigenvalue weighted by Gasteiger charge is 2.18. The van der Waals surface area contributed by atoms with Crippen LogP contribution in [0.1, 0.15) is 25.5 Å². The molecule has 0 aliphatic carbocycles. The molecule has 3 nitrogen and oxygen atoms in total. The standard InChI is InChI=1S/C21H20F2N2O/c1-13(16-10-11-18(22)19(23)12-16)24-14(2)21(26)25-20-9-5-7-15-6-3-4-8-17(15)20/h3-14,24H,1-2H3,(H,25,26)/t13-,14+/m1/s1. The number of nitrogens with one attached hydrogen (secondary N) is 2. The Morgan fingerprint density at radius 3 is 2.42 bits per heavy atom. The fourth-order valence-corrected chi connectivity index (χ4v) is 2.90. The van der Waals surface area contributed by atoms with Gasteiger partial charge in [0, 0.05) is 17.1 Å². The van der Waals surface area contributed by atoms with Gasteiger partial charge in [-0.25, -0.2) is 8.78 Å². The summed E-state index contributed by atoms with van der Waals surface area (Å²) in [6.07, 6.45) is 0. The smallest absolute Gasteiger partial charge is 0.241 e. The molecule has 3 rings (SSSR count). The molecule has 2 atom stereocenters. The van der Waals surface area contributed by atoms with Crippen molar-refractivity contribution in [3.05, 3.63) is 77.9 Å². The summed E-state index contributed by atoms with van der Waals surface area (Å²) in [5, 5.41) is 8.04. The van der Waals surface area contributed by atoms with E-state index in [2.05, 4.69) is 10.6 Å². The average Bonchev–Trinajstić information content (AvgIpc) is 2.64. The zero-order valence-electron chi connectivity index (χ0n) is 14.6. The molecule has 5 heteroatoms. The van der Waals surface area contributed by atoms with Crippen molar-refractivity contribution < 1.29 is 13.6 Å². The van der Waals surface area contributed by atoms with Gasteiger partial charge < -0.3 is 5.32 Å². The minimum atomic E-state index is -0.899. The number of hydrogen-bond acceptors (Lipinski definition) is 2. The molecule has 0 radical (unpaired) electrons. The third-order valence-corrected chi connectivity index (χ3v) is 4.38. The van der Waals surface area contributed by atoms with Crippen LogP contribution in [-0.2, 0) is 4.79 Å². The van der Waals surface area contributed by atoms with E-state index in [-0.39, 0.29) is 11.9 Å². The minimum Gasteiger partial charge on any atom is -0.324 e. The molecule has 0 heterocycles. The molecule has 0 spiro atoms. The molecule has 0 aliphatic heterocycles. The van der Waals surface area contributed by atoms with E-state index in [1.54, 1.807) is 13.8 Å². The fraction of sp³-hybridized carbons (Fsp3) is 0.190. The van der Waals surface area contributed by atoms with Crippen molar-refractivity contribution in [1.82, 2.24) is 5.32 Å². The lowest BCUT2D eigenvalue weighted by molar-refractivity contribution is -0.117. The summed E-state index contributed by atoms with van der Waals surface area (Å²) >= 11 is 0. The number of hydrogen-bond donors (Lipinski definition) is 2. The van der Waals surface area contributed by atoms with Gasteiger partial charge in [-0.1, -0.05) is 42.5 Å². The second-order valence-corrected chi connectivity index (χ2v) is 6.30. The topological polar surface area (TPSA) is 41.1 Å². The van der Waals surface area contributed by atoms with Crippen molar-refractivity contribution in [3.63, 3.8) is 0 Å². The van der Waals surface area contributed by atoms with Crippen LogP contribution in [0, 0.1) is 11.6 Å². The first-order valence-corrected chi connectivity index (χ1v) is 8.45. The van der Waals surface area contributed by atoms with Crippen LogP contribution < -0.4 is 10.6 Å². The monoisotopic (exact) mass is 354 g/mol. The van der Waals surface area contributed by atoms with Crippen molar-refractivity contribution in [1.29, 1.82) is 0 Å². The molecule has 2 N–H and O–H groups in total. The summed E-state index contributed by atoms with van der Waals surface area (Å²) in [5.41, 5.74) is 1.32. The summed E-state index contributed by atoms with van der Waals surface area (Å²) in [7, 11) is 0. The van der Waals surface area contributed by atoms with Gasteiger partial charge in [0.2, 0.25) is 5.91 Å². The van der Waals surface area contributed by atoms with Crippen molar-refractivity contribution in [3.8, 4) is 0 Å². The van der Waals surface area contributed by atoms with E-state index in [9.17, 15) is 13.6 Å². The Morgan fingerprint density at radius 2 is 1.65 bits per heavy atom. The molecule has 0 bridgehead atoms. The summed E-state index contributed by atoms with van der Waals surface area (Å²) in [6, 6.07) is 16.4. The molecule has 0 aliphatic rings. The van der Waals surface area contributed by atoms with Crippen molar-refractivity contribution in [2.45, 2.75) is 25.9 Å². The Bertz CT molecular complexity index is 937. The van der Waals surface area contributed by atoms with E-state index in [0.29, 0.717) is 5.56 Å². The predicted molar refractivity (Wildman–Crippen MR) is 99.9 cm³/mol. The van der Waals surface area contributed by atoms with Gasteiger partial charge in [0.1, 0.15) is 0 Å². The number of amides is 1. The van der Waals surface area contributed by atoms with Crippen LogP contribution in [0.3, 0.4) is 0 Å². The van der Waals surface area contributed by atoms with Crippen molar-refractivity contribution >= 4 is 22.4 Å². The Labute approximate surface area is 151 Å². The maximum Gasteiger partial charge on any atom is 0.241 e. The number of rotatable bonds is 5. The average molecular weight is 354 g/mol. The first kappa shape index (κ1) is 18.0. The number of carbonyl (C=O) groups is 1. The molecule has 26 heavy (non-hydrogen) atoms. The molecule has 3 aromatic rings. The van der Waals surface area contributed by atoms with E-state index >= 15 is 0 Å². The van der Waals surface area contributed by atoms with Gasteiger partial charge in [-0.15, -0.1) is 0 Å². The van der Waals surface area contributed by atoms with Crippen LogP contribution in [0.2, 0.25) is 0 Å². The van der Waals surface area contributed by atoms with Gasteiger partial charge in [0.25, 0.3) is 0 Å². The van der Waals surface area contributed by atoms with Gasteiger partial charge in [-0.2, -0.15) is 0 Å². The first-order valence-electron chi connectivity index (χ1n) is 8.45. The molecule has 0 aromatic heterocycles. The molecular formula is C21H20F2N2O. The SMILES string of the molecule is C[C@H](N[C@H](C)c1ccc(F)c(F)c1)C(=O)Nc1cccc2ccccc12. The summed E-state index contributed by atoms with van der Waals surface area (Å²) in [5.74, 6) is -1.98. The number of benzene rings is 3. The quantitative estimate of drug-likeness (QED) is 0.691. The third kappa shape index (κ3) is 3.89. The number of carbonyl (C=O) groups excluding carboxylic acids is 1. The zero-order chi connectivity index (χ0) is 18.7. The van der Waals surface area contributed by atoms with Crippen LogP contribution in [0.15, 0.2) is 60.7 Å². The Hall–Kier alpha value is -2.79. The first-order chi connectivity index (χ1) is 12.5. The molecule has 0 saturated heterocycles. The number of fused-ring (bicyclic) bond motifs is 1. The van der Waals surface area contributed by atoms with Crippen LogP contribution in [0.25, 0.3) is 10.8 Å². The van der Waals surface area contributed by atoms with Gasteiger partial charge in [0.15, 0.2) is 11.6 Å². The molecule has 0 fully saturated rings. The molecule has 3 aromatic carbocycles. The summed E-state index contributed by atoms with van der Waals surface area (Å²) in [4.78, 5) is 12.5. The molecule has 1 amide bonds. The highest BCUT2D eigenvalue weighted by Crippen LogP contribution is 2.23. The van der Waals surface area contributed by atoms with Crippen LogP contribution in [0.5, 0.6) is 0 Å². The molecule has 0 saturated carbocycles. The van der Waals surface area contributed by atoms with Crippen LogP contribution in [0.4, 0.5) is 14.5 Å². The molecular weight excluding hydrogens is 334 g/mol. The van der Waals surface area contributed by atoms with Crippen LogP contribution >= 0.6 is 0 Å². The van der Waals surface area contributed by atoms with Gasteiger partial charge in [0.05, 0.1) is 6.04 Å². The van der Waals surface area contributed by atoms with E-state index in [0.717, 1.165) is 28.6 Å². The number of halogens is 2. The van der Waals surface area contributed by atoms with Gasteiger partial charge in [-0.3, -0.25) is 10.1 Å². The highest BCUT2D eigenvalue weighted by atomic mass is 19.2. The third-order valence-electron chi connectivity index (χ3n) is 4.38. The second-order valence-electron chi connectivity index (χ2n) is 6.30. The Balaban J connectivity index is 1.70. The number of anilines is 1. The fourth-order valence-electron chi connectivity index (χ4n) is 2.90.